The molecule has 0 aliphatic heterocycles. The predicted molar refractivity (Wildman–Crippen MR) is 73.5 cm³/mol. The monoisotopic (exact) mass is 281 g/mol. The summed E-state index contributed by atoms with van der Waals surface area (Å²) in [6.45, 7) is 3.29. The lowest BCUT2D eigenvalue weighted by Gasteiger charge is -1.97. The number of rotatable bonds is 3. The zero-order chi connectivity index (χ0) is 13.3. The third kappa shape index (κ3) is 2.57. The zero-order valence-corrected chi connectivity index (χ0v) is 11.4. The molecule has 0 unspecified atom stereocenters. The van der Waals surface area contributed by atoms with Crippen LogP contribution < -0.4 is 11.1 Å². The number of hydrogen-bond donors (Lipinski definition) is 2. The third-order valence-corrected chi connectivity index (χ3v) is 4.09. The van der Waals surface area contributed by atoms with Crippen molar-refractivity contribution in [1.82, 2.24) is 4.98 Å². The molecule has 94 valence electrons. The van der Waals surface area contributed by atoms with E-state index in [0.717, 1.165) is 4.88 Å². The van der Waals surface area contributed by atoms with E-state index in [1.54, 1.807) is 11.4 Å². The van der Waals surface area contributed by atoms with Gasteiger partial charge < -0.3 is 5.73 Å². The average molecular weight is 281 g/mol. The number of nitrogen functional groups attached to an aromatic ring is 1. The Morgan fingerprint density at radius 1 is 1.44 bits per heavy atom. The van der Waals surface area contributed by atoms with Gasteiger partial charge in [0.1, 0.15) is 5.69 Å². The first kappa shape index (κ1) is 12.7. The van der Waals surface area contributed by atoms with Gasteiger partial charge in [-0.05, 0) is 13.0 Å². The largest absolute Gasteiger partial charge is 0.398 e. The van der Waals surface area contributed by atoms with Gasteiger partial charge in [-0.1, -0.05) is 0 Å². The summed E-state index contributed by atoms with van der Waals surface area (Å²) in [5, 5.41) is 4.67. The van der Waals surface area contributed by atoms with E-state index in [4.69, 9.17) is 5.73 Å². The Bertz CT molecular complexity index is 596. The molecule has 5 nitrogen and oxygen atoms in total. The maximum absolute atomic E-state index is 11.9. The molecular weight excluding hydrogens is 270 g/mol. The number of aryl methyl sites for hydroxylation is 1. The van der Waals surface area contributed by atoms with Crippen LogP contribution in [-0.2, 0) is 0 Å². The molecule has 2 heterocycles. The Hall–Kier alpha value is -1.73. The van der Waals surface area contributed by atoms with E-state index >= 15 is 0 Å². The van der Waals surface area contributed by atoms with E-state index in [1.165, 1.54) is 29.6 Å². The van der Waals surface area contributed by atoms with Crippen LogP contribution in [0.4, 0.5) is 10.8 Å². The van der Waals surface area contributed by atoms with Crippen LogP contribution in [0.3, 0.4) is 0 Å². The molecule has 7 heteroatoms. The van der Waals surface area contributed by atoms with Gasteiger partial charge in [0.05, 0.1) is 4.88 Å². The second kappa shape index (κ2) is 4.87. The van der Waals surface area contributed by atoms with Gasteiger partial charge in [-0.25, -0.2) is 4.98 Å². The quantitative estimate of drug-likeness (QED) is 0.847. The predicted octanol–water partition coefficient (Wildman–Crippen LogP) is 2.55. The molecule has 0 aromatic carbocycles. The minimum absolute atomic E-state index is 0.122. The van der Waals surface area contributed by atoms with Crippen molar-refractivity contribution in [3.63, 3.8) is 0 Å². The Morgan fingerprint density at radius 2 is 2.17 bits per heavy atom. The first-order chi connectivity index (χ1) is 8.47. The lowest BCUT2D eigenvalue weighted by atomic mass is 10.3. The van der Waals surface area contributed by atoms with Crippen molar-refractivity contribution in [2.45, 2.75) is 13.8 Å². The molecule has 0 atom stereocenters. The molecule has 0 fully saturated rings. The number of thiazole rings is 1. The zero-order valence-electron chi connectivity index (χ0n) is 9.81. The maximum atomic E-state index is 11.9. The number of anilines is 2. The Kier molecular flexibility index (Phi) is 3.44. The molecule has 0 saturated heterocycles. The van der Waals surface area contributed by atoms with Crippen molar-refractivity contribution < 1.29 is 9.59 Å². The molecule has 0 radical (unpaired) electrons. The summed E-state index contributed by atoms with van der Waals surface area (Å²) in [7, 11) is 0. The van der Waals surface area contributed by atoms with Crippen molar-refractivity contribution in [3.8, 4) is 0 Å². The summed E-state index contributed by atoms with van der Waals surface area (Å²) < 4.78 is 0. The van der Waals surface area contributed by atoms with Gasteiger partial charge in [0.2, 0.25) is 0 Å². The van der Waals surface area contributed by atoms with Gasteiger partial charge in [-0.2, -0.15) is 0 Å². The van der Waals surface area contributed by atoms with Crippen molar-refractivity contribution in [1.29, 1.82) is 0 Å². The summed E-state index contributed by atoms with van der Waals surface area (Å²) in [4.78, 5) is 28.4. The molecule has 2 rings (SSSR count). The van der Waals surface area contributed by atoms with E-state index in [9.17, 15) is 9.59 Å². The highest BCUT2D eigenvalue weighted by Gasteiger charge is 2.13. The van der Waals surface area contributed by atoms with Gasteiger partial charge in [0.15, 0.2) is 10.9 Å². The lowest BCUT2D eigenvalue weighted by molar-refractivity contribution is 0.100. The number of aromatic nitrogens is 1. The average Bonchev–Trinajstić information content (AvgIpc) is 2.87. The number of hydrogen-bond acceptors (Lipinski definition) is 6. The Labute approximate surface area is 112 Å². The molecule has 0 spiro atoms. The van der Waals surface area contributed by atoms with Crippen LogP contribution in [0.1, 0.15) is 32.0 Å². The standard InChI is InChI=1S/C11H11N3O2S2/c1-5(15)8-4-17-11(13-8)14-10(16)9-3-7(12)6(2)18-9/h3-4H,12H2,1-2H3,(H,13,14,16). The highest BCUT2D eigenvalue weighted by atomic mass is 32.1. The second-order valence-corrected chi connectivity index (χ2v) is 5.78. The van der Waals surface area contributed by atoms with Gasteiger partial charge >= 0.3 is 0 Å². The Morgan fingerprint density at radius 3 is 2.67 bits per heavy atom. The van der Waals surface area contributed by atoms with Crippen molar-refractivity contribution in [2.75, 3.05) is 11.1 Å². The number of nitrogens with one attached hydrogen (secondary N) is 1. The highest BCUT2D eigenvalue weighted by molar-refractivity contribution is 7.15. The molecule has 2 aromatic heterocycles. The summed E-state index contributed by atoms with van der Waals surface area (Å²) in [6.07, 6.45) is 0. The van der Waals surface area contributed by atoms with Crippen LogP contribution in [0.25, 0.3) is 0 Å². The van der Waals surface area contributed by atoms with Gasteiger partial charge in [0, 0.05) is 22.9 Å². The van der Waals surface area contributed by atoms with Crippen LogP contribution in [0.5, 0.6) is 0 Å². The number of carbonyl (C=O) groups excluding carboxylic acids is 2. The van der Waals surface area contributed by atoms with E-state index in [1.807, 2.05) is 6.92 Å². The van der Waals surface area contributed by atoms with Crippen LogP contribution >= 0.6 is 22.7 Å². The van der Waals surface area contributed by atoms with Crippen LogP contribution in [0.2, 0.25) is 0 Å². The molecule has 1 amide bonds. The number of Topliss-reactive ketones (excluding diaryl/α,β-unsaturated/α-hetero) is 1. The minimum atomic E-state index is -0.260. The minimum Gasteiger partial charge on any atom is -0.398 e. The molecular formula is C11H11N3O2S2. The summed E-state index contributed by atoms with van der Waals surface area (Å²) >= 11 is 2.55. The van der Waals surface area contributed by atoms with Gasteiger partial charge in [-0.3, -0.25) is 14.9 Å². The van der Waals surface area contributed by atoms with Crippen LogP contribution in [-0.4, -0.2) is 16.7 Å². The van der Waals surface area contributed by atoms with Crippen LogP contribution in [0.15, 0.2) is 11.4 Å². The van der Waals surface area contributed by atoms with Gasteiger partial charge in [-0.15, -0.1) is 22.7 Å². The molecule has 0 aliphatic carbocycles. The summed E-state index contributed by atoms with van der Waals surface area (Å²) in [5.74, 6) is -0.382. The molecule has 0 saturated carbocycles. The van der Waals surface area contributed by atoms with Crippen LogP contribution in [0, 0.1) is 6.92 Å². The topological polar surface area (TPSA) is 85.1 Å². The molecule has 3 N–H and O–H groups in total. The fourth-order valence-corrected chi connectivity index (χ4v) is 2.84. The Balaban J connectivity index is 2.13. The van der Waals surface area contributed by atoms with Gasteiger partial charge in [0.25, 0.3) is 5.91 Å². The fourth-order valence-electron chi connectivity index (χ4n) is 1.26. The number of ketones is 1. The smallest absolute Gasteiger partial charge is 0.267 e. The van der Waals surface area contributed by atoms with E-state index < -0.39 is 0 Å². The number of nitrogens with zero attached hydrogens (tertiary/aromatic N) is 1. The number of amides is 1. The normalized spacial score (nSPS) is 10.3. The molecule has 0 aliphatic rings. The van der Waals surface area contributed by atoms with Crippen molar-refractivity contribution >= 4 is 45.2 Å². The van der Waals surface area contributed by atoms with E-state index in [0.29, 0.717) is 21.4 Å². The lowest BCUT2D eigenvalue weighted by Crippen LogP contribution is -2.10. The number of nitrogens with two attached hydrogens (primary N) is 1. The number of carbonyl (C=O) groups is 2. The SMILES string of the molecule is CC(=O)c1csc(NC(=O)c2cc(N)c(C)s2)n1. The maximum Gasteiger partial charge on any atom is 0.267 e. The highest BCUT2D eigenvalue weighted by Crippen LogP contribution is 2.25. The third-order valence-electron chi connectivity index (χ3n) is 2.27. The molecule has 0 bridgehead atoms. The van der Waals surface area contributed by atoms with Crippen molar-refractivity contribution in [2.24, 2.45) is 0 Å². The fraction of sp³-hybridized carbons (Fsp3) is 0.182. The summed E-state index contributed by atoms with van der Waals surface area (Å²) in [6, 6.07) is 1.63. The second-order valence-electron chi connectivity index (χ2n) is 3.67. The van der Waals surface area contributed by atoms with Crippen molar-refractivity contribution in [3.05, 3.63) is 26.9 Å². The first-order valence-electron chi connectivity index (χ1n) is 5.11. The number of thiophene rings is 1. The molecule has 2 aromatic rings. The first-order valence-corrected chi connectivity index (χ1v) is 6.80. The van der Waals surface area contributed by atoms with E-state index in [-0.39, 0.29) is 11.7 Å². The summed E-state index contributed by atoms with van der Waals surface area (Å²) in [5.41, 5.74) is 6.65. The van der Waals surface area contributed by atoms with E-state index in [2.05, 4.69) is 10.3 Å². The molecule has 18 heavy (non-hydrogen) atoms.